The molecule has 0 atom stereocenters. The number of benzene rings is 2. The van der Waals surface area contributed by atoms with Crippen molar-refractivity contribution < 1.29 is 18.7 Å². The number of nitrogens with one attached hydrogen (secondary N) is 2. The van der Waals surface area contributed by atoms with Crippen LogP contribution in [-0.4, -0.2) is 53.7 Å². The van der Waals surface area contributed by atoms with Gasteiger partial charge in [-0.3, -0.25) is 14.5 Å². The lowest BCUT2D eigenvalue weighted by Gasteiger charge is -2.17. The molecule has 32 heavy (non-hydrogen) atoms. The van der Waals surface area contributed by atoms with E-state index in [1.165, 1.54) is 23.9 Å². The molecule has 0 saturated heterocycles. The highest BCUT2D eigenvalue weighted by Crippen LogP contribution is 2.27. The molecule has 0 unspecified atom stereocenters. The molecule has 2 amide bonds. The Kier molecular flexibility index (Phi) is 7.45. The summed E-state index contributed by atoms with van der Waals surface area (Å²) in [6.45, 7) is 1.73. The van der Waals surface area contributed by atoms with E-state index < -0.39 is 0 Å². The van der Waals surface area contributed by atoms with Crippen LogP contribution in [-0.2, 0) is 9.59 Å². The molecule has 8 nitrogen and oxygen atoms in total. The van der Waals surface area contributed by atoms with E-state index >= 15 is 0 Å². The monoisotopic (exact) mass is 459 g/mol. The van der Waals surface area contributed by atoms with Gasteiger partial charge in [-0.05, 0) is 56.4 Å². The third-order valence-corrected chi connectivity index (χ3v) is 4.67. The van der Waals surface area contributed by atoms with Crippen molar-refractivity contribution in [3.63, 3.8) is 0 Å². The van der Waals surface area contributed by atoms with E-state index in [0.717, 1.165) is 0 Å². The Bertz CT molecular complexity index is 1120. The molecule has 168 valence electrons. The van der Waals surface area contributed by atoms with Crippen LogP contribution in [0.15, 0.2) is 48.5 Å². The first-order chi connectivity index (χ1) is 15.2. The van der Waals surface area contributed by atoms with Crippen molar-refractivity contribution in [1.82, 2.24) is 14.7 Å². The van der Waals surface area contributed by atoms with Crippen molar-refractivity contribution >= 4 is 34.9 Å². The van der Waals surface area contributed by atoms with Crippen LogP contribution in [0.4, 0.5) is 15.9 Å². The summed E-state index contributed by atoms with van der Waals surface area (Å²) < 4.78 is 19.9. The maximum absolute atomic E-state index is 13.2. The summed E-state index contributed by atoms with van der Waals surface area (Å²) in [7, 11) is 3.14. The average molecular weight is 460 g/mol. The second-order valence-electron chi connectivity index (χ2n) is 7.17. The van der Waals surface area contributed by atoms with Gasteiger partial charge >= 0.3 is 0 Å². The van der Waals surface area contributed by atoms with E-state index in [1.54, 1.807) is 55.3 Å². The molecule has 0 fully saturated rings. The molecule has 3 rings (SSSR count). The summed E-state index contributed by atoms with van der Waals surface area (Å²) in [6.07, 6.45) is 0. The molecular formula is C22H23ClFN5O3. The minimum Gasteiger partial charge on any atom is -0.495 e. The van der Waals surface area contributed by atoms with Crippen LogP contribution < -0.4 is 15.4 Å². The van der Waals surface area contributed by atoms with Crippen molar-refractivity contribution in [3.8, 4) is 11.4 Å². The fourth-order valence-corrected chi connectivity index (χ4v) is 3.24. The fraction of sp³-hybridized carbons (Fsp3) is 0.227. The summed E-state index contributed by atoms with van der Waals surface area (Å²) in [5, 5.41) is 10.3. The zero-order chi connectivity index (χ0) is 23.3. The number of amides is 2. The number of rotatable bonds is 8. The van der Waals surface area contributed by atoms with Gasteiger partial charge in [-0.1, -0.05) is 11.6 Å². The number of hydrogen-bond acceptors (Lipinski definition) is 5. The lowest BCUT2D eigenvalue weighted by Crippen LogP contribution is -2.36. The Labute approximate surface area is 189 Å². The second kappa shape index (κ2) is 10.3. The average Bonchev–Trinajstić information content (AvgIpc) is 3.08. The first kappa shape index (κ1) is 23.2. The number of methoxy groups -OCH3 is 1. The number of likely N-dealkylation sites (N-methyl/N-ethyl adjacent to an activating group) is 1. The van der Waals surface area contributed by atoms with Gasteiger partial charge in [-0.15, -0.1) is 0 Å². The van der Waals surface area contributed by atoms with Crippen molar-refractivity contribution in [2.45, 2.75) is 6.92 Å². The number of carbonyl (C=O) groups excluding carboxylic acids is 2. The number of nitrogens with zero attached hydrogens (tertiary/aromatic N) is 3. The number of hydrogen-bond donors (Lipinski definition) is 2. The minimum atomic E-state index is -0.362. The number of anilines is 2. The van der Waals surface area contributed by atoms with Crippen molar-refractivity contribution in [2.24, 2.45) is 0 Å². The molecule has 0 saturated carbocycles. The molecule has 1 heterocycles. The molecular weight excluding hydrogens is 437 g/mol. The summed E-state index contributed by atoms with van der Waals surface area (Å²) in [5.41, 5.74) is 1.74. The molecule has 10 heteroatoms. The van der Waals surface area contributed by atoms with Crippen molar-refractivity contribution in [3.05, 3.63) is 65.1 Å². The van der Waals surface area contributed by atoms with Gasteiger partial charge in [0.05, 0.1) is 37.3 Å². The zero-order valence-electron chi connectivity index (χ0n) is 17.9. The topological polar surface area (TPSA) is 88.5 Å². The van der Waals surface area contributed by atoms with Gasteiger partial charge in [-0.2, -0.15) is 5.10 Å². The Morgan fingerprint density at radius 3 is 2.41 bits per heavy atom. The van der Waals surface area contributed by atoms with E-state index in [2.05, 4.69) is 15.7 Å². The standard InChI is InChI=1S/C22H23ClFN5O3/c1-14-10-20(29(27-14)17-7-5-16(24)6-8-17)26-22(31)13-28(2)12-21(30)25-18-11-15(23)4-9-19(18)32-3/h4-11H,12-13H2,1-3H3,(H,25,30)(H,26,31). The molecule has 3 aromatic rings. The SMILES string of the molecule is COc1ccc(Cl)cc1NC(=O)CN(C)CC(=O)Nc1cc(C)nn1-c1ccc(F)cc1. The molecule has 1 aromatic heterocycles. The van der Waals surface area contributed by atoms with Gasteiger partial charge in [-0.25, -0.2) is 9.07 Å². The van der Waals surface area contributed by atoms with Gasteiger partial charge in [0, 0.05) is 11.1 Å². The predicted octanol–water partition coefficient (Wildman–Crippen LogP) is 3.49. The van der Waals surface area contributed by atoms with Crippen molar-refractivity contribution in [1.29, 1.82) is 0 Å². The Hall–Kier alpha value is -3.43. The van der Waals surface area contributed by atoms with Crippen LogP contribution in [0.25, 0.3) is 5.69 Å². The van der Waals surface area contributed by atoms with Crippen LogP contribution in [0.2, 0.25) is 5.02 Å². The molecule has 0 aliphatic heterocycles. The van der Waals surface area contributed by atoms with Crippen LogP contribution in [0.3, 0.4) is 0 Å². The molecule has 2 N–H and O–H groups in total. The van der Waals surface area contributed by atoms with Gasteiger partial charge in [0.15, 0.2) is 0 Å². The van der Waals surface area contributed by atoms with Gasteiger partial charge in [0.2, 0.25) is 11.8 Å². The number of halogens is 2. The third kappa shape index (κ3) is 6.05. The van der Waals surface area contributed by atoms with Crippen molar-refractivity contribution in [2.75, 3.05) is 37.9 Å². The highest BCUT2D eigenvalue weighted by Gasteiger charge is 2.15. The maximum atomic E-state index is 13.2. The summed E-state index contributed by atoms with van der Waals surface area (Å²) in [5.74, 6) is -0.0938. The summed E-state index contributed by atoms with van der Waals surface area (Å²) in [6, 6.07) is 12.4. The minimum absolute atomic E-state index is 0.0284. The Balaban J connectivity index is 1.59. The molecule has 0 aliphatic carbocycles. The normalized spacial score (nSPS) is 10.8. The van der Waals surface area contributed by atoms with Crippen LogP contribution in [0.5, 0.6) is 5.75 Å². The molecule has 2 aromatic carbocycles. The number of carbonyl (C=O) groups is 2. The van der Waals surface area contributed by atoms with Gasteiger partial charge < -0.3 is 15.4 Å². The Morgan fingerprint density at radius 1 is 1.09 bits per heavy atom. The Morgan fingerprint density at radius 2 is 1.75 bits per heavy atom. The smallest absolute Gasteiger partial charge is 0.239 e. The third-order valence-electron chi connectivity index (χ3n) is 4.43. The van der Waals surface area contributed by atoms with Crippen LogP contribution in [0.1, 0.15) is 5.69 Å². The lowest BCUT2D eigenvalue weighted by molar-refractivity contribution is -0.119. The number of aryl methyl sites for hydroxylation is 1. The molecule has 0 bridgehead atoms. The highest BCUT2D eigenvalue weighted by atomic mass is 35.5. The number of ether oxygens (including phenoxy) is 1. The van der Waals surface area contributed by atoms with Gasteiger partial charge in [0.25, 0.3) is 0 Å². The number of aromatic nitrogens is 2. The van der Waals surface area contributed by atoms with Crippen LogP contribution >= 0.6 is 11.6 Å². The van der Waals surface area contributed by atoms with E-state index in [0.29, 0.717) is 33.7 Å². The zero-order valence-corrected chi connectivity index (χ0v) is 18.6. The largest absolute Gasteiger partial charge is 0.495 e. The lowest BCUT2D eigenvalue weighted by atomic mass is 10.3. The van der Waals surface area contributed by atoms with E-state index in [1.807, 2.05) is 0 Å². The van der Waals surface area contributed by atoms with E-state index in [-0.39, 0.29) is 30.7 Å². The van der Waals surface area contributed by atoms with E-state index in [9.17, 15) is 14.0 Å². The first-order valence-electron chi connectivity index (χ1n) is 9.69. The molecule has 0 spiro atoms. The highest BCUT2D eigenvalue weighted by molar-refractivity contribution is 6.31. The fourth-order valence-electron chi connectivity index (χ4n) is 3.06. The second-order valence-corrected chi connectivity index (χ2v) is 7.61. The van der Waals surface area contributed by atoms with E-state index in [4.69, 9.17) is 16.3 Å². The summed E-state index contributed by atoms with van der Waals surface area (Å²) >= 11 is 5.98. The predicted molar refractivity (Wildman–Crippen MR) is 121 cm³/mol. The van der Waals surface area contributed by atoms with Gasteiger partial charge in [0.1, 0.15) is 17.4 Å². The maximum Gasteiger partial charge on any atom is 0.239 e. The first-order valence-corrected chi connectivity index (χ1v) is 10.1. The van der Waals surface area contributed by atoms with Crippen LogP contribution in [0, 0.1) is 12.7 Å². The quantitative estimate of drug-likeness (QED) is 0.538. The molecule has 0 aliphatic rings. The molecule has 0 radical (unpaired) electrons. The summed E-state index contributed by atoms with van der Waals surface area (Å²) in [4.78, 5) is 26.5.